The Labute approximate surface area is 72.7 Å². The third kappa shape index (κ3) is 4.68. The van der Waals surface area contributed by atoms with Gasteiger partial charge in [0, 0.05) is 0 Å². The van der Waals surface area contributed by atoms with Gasteiger partial charge >= 0.3 is 0 Å². The zero-order valence-electron chi connectivity index (χ0n) is 6.89. The molecule has 0 rings (SSSR count). The van der Waals surface area contributed by atoms with Crippen LogP contribution in [0.5, 0.6) is 0 Å². The molecule has 62 valence electrons. The zero-order valence-corrected chi connectivity index (χ0v) is 7.65. The van der Waals surface area contributed by atoms with Gasteiger partial charge in [-0.1, -0.05) is 36.8 Å². The van der Waals surface area contributed by atoms with Crippen LogP contribution in [0.2, 0.25) is 0 Å². The van der Waals surface area contributed by atoms with E-state index in [1.807, 2.05) is 6.92 Å². The molecule has 1 nitrogen and oxygen atoms in total. The average Bonchev–Trinajstić information content (AvgIpc) is 1.99. The maximum absolute atomic E-state index is 9.09. The van der Waals surface area contributed by atoms with Crippen LogP contribution >= 0.6 is 11.6 Å². The second-order valence-electron chi connectivity index (χ2n) is 2.26. The van der Waals surface area contributed by atoms with E-state index in [0.29, 0.717) is 5.03 Å². The van der Waals surface area contributed by atoms with Crippen LogP contribution in [-0.2, 0) is 0 Å². The highest BCUT2D eigenvalue weighted by molar-refractivity contribution is 6.29. The van der Waals surface area contributed by atoms with Crippen molar-refractivity contribution in [3.8, 4) is 0 Å². The molecule has 0 aliphatic heterocycles. The zero-order chi connectivity index (χ0) is 8.85. The minimum absolute atomic E-state index is 0.0984. The van der Waals surface area contributed by atoms with Crippen molar-refractivity contribution in [3.63, 3.8) is 0 Å². The van der Waals surface area contributed by atoms with Gasteiger partial charge in [0.25, 0.3) is 0 Å². The quantitative estimate of drug-likeness (QED) is 0.510. The molecule has 0 amide bonds. The maximum atomic E-state index is 9.09. The fourth-order valence-corrected chi connectivity index (χ4v) is 0.492. The third-order valence-electron chi connectivity index (χ3n) is 1.28. The first-order chi connectivity index (χ1) is 5.07. The van der Waals surface area contributed by atoms with Gasteiger partial charge in [-0.15, -0.1) is 0 Å². The Balaban J connectivity index is 4.15. The Kier molecular flexibility index (Phi) is 4.71. The number of aliphatic hydroxyl groups is 1. The molecule has 0 aromatic heterocycles. The van der Waals surface area contributed by atoms with Crippen molar-refractivity contribution in [3.05, 3.63) is 35.1 Å². The summed E-state index contributed by atoms with van der Waals surface area (Å²) in [5.74, 6) is 0.0984. The molecule has 0 unspecified atom stereocenters. The summed E-state index contributed by atoms with van der Waals surface area (Å²) < 4.78 is 0. The van der Waals surface area contributed by atoms with Crippen molar-refractivity contribution in [2.75, 3.05) is 0 Å². The van der Waals surface area contributed by atoms with E-state index in [-0.39, 0.29) is 5.76 Å². The normalized spacial score (nSPS) is 13.4. The molecule has 0 spiro atoms. The van der Waals surface area contributed by atoms with Gasteiger partial charge < -0.3 is 5.11 Å². The molecule has 2 heteroatoms. The molecular formula is C9H13ClO. The van der Waals surface area contributed by atoms with Gasteiger partial charge in [0.1, 0.15) is 5.76 Å². The topological polar surface area (TPSA) is 20.2 Å². The van der Waals surface area contributed by atoms with Crippen LogP contribution in [0.25, 0.3) is 0 Å². The van der Waals surface area contributed by atoms with E-state index in [4.69, 9.17) is 16.7 Å². The molecule has 0 saturated heterocycles. The maximum Gasteiger partial charge on any atom is 0.129 e. The molecule has 0 fully saturated rings. The number of rotatable bonds is 3. The molecule has 0 aliphatic carbocycles. The highest BCUT2D eigenvalue weighted by Crippen LogP contribution is 2.08. The molecule has 1 N–H and O–H groups in total. The van der Waals surface area contributed by atoms with E-state index in [9.17, 15) is 0 Å². The van der Waals surface area contributed by atoms with E-state index in [0.717, 1.165) is 12.0 Å². The highest BCUT2D eigenvalue weighted by atomic mass is 35.5. The monoisotopic (exact) mass is 172 g/mol. The van der Waals surface area contributed by atoms with Crippen LogP contribution in [-0.4, -0.2) is 5.11 Å². The molecule has 11 heavy (non-hydrogen) atoms. The van der Waals surface area contributed by atoms with Gasteiger partial charge in [0.05, 0.1) is 5.03 Å². The molecular weight excluding hydrogens is 160 g/mol. The van der Waals surface area contributed by atoms with E-state index >= 15 is 0 Å². The number of allylic oxidation sites excluding steroid dienone is 4. The Bertz CT molecular complexity index is 198. The Morgan fingerprint density at radius 3 is 2.45 bits per heavy atom. The molecule has 0 heterocycles. The smallest absolute Gasteiger partial charge is 0.129 e. The Hall–Kier alpha value is -0.690. The van der Waals surface area contributed by atoms with Crippen molar-refractivity contribution in [1.29, 1.82) is 0 Å². The number of aliphatic hydroxyl groups excluding tert-OH is 1. The van der Waals surface area contributed by atoms with Crippen LogP contribution in [0.4, 0.5) is 0 Å². The predicted octanol–water partition coefficient (Wildman–Crippen LogP) is 3.54. The highest BCUT2D eigenvalue weighted by Gasteiger charge is 1.90. The second kappa shape index (κ2) is 5.03. The lowest BCUT2D eigenvalue weighted by molar-refractivity contribution is 0.429. The van der Waals surface area contributed by atoms with Crippen LogP contribution < -0.4 is 0 Å². The molecule has 0 radical (unpaired) electrons. The van der Waals surface area contributed by atoms with Crippen molar-refractivity contribution in [2.24, 2.45) is 0 Å². The summed E-state index contributed by atoms with van der Waals surface area (Å²) in [5.41, 5.74) is 0.967. The third-order valence-corrected chi connectivity index (χ3v) is 1.48. The second-order valence-corrected chi connectivity index (χ2v) is 2.83. The van der Waals surface area contributed by atoms with Crippen molar-refractivity contribution >= 4 is 11.6 Å². The number of hydrogen-bond donors (Lipinski definition) is 1. The minimum Gasteiger partial charge on any atom is -0.507 e. The number of hydrogen-bond acceptors (Lipinski definition) is 1. The number of halogens is 1. The first-order valence-corrected chi connectivity index (χ1v) is 3.87. The van der Waals surface area contributed by atoms with Gasteiger partial charge in [-0.25, -0.2) is 0 Å². The largest absolute Gasteiger partial charge is 0.507 e. The van der Waals surface area contributed by atoms with E-state index in [2.05, 4.69) is 6.58 Å². The summed E-state index contributed by atoms with van der Waals surface area (Å²) in [4.78, 5) is 0. The lowest BCUT2D eigenvalue weighted by Gasteiger charge is -1.93. The SMILES string of the molecule is C=C(/C=C\C(O)=C(/C)Cl)CC. The van der Waals surface area contributed by atoms with Crippen LogP contribution in [0.3, 0.4) is 0 Å². The summed E-state index contributed by atoms with van der Waals surface area (Å²) in [6.07, 6.45) is 4.18. The molecule has 0 atom stereocenters. The minimum atomic E-state index is 0.0984. The summed E-state index contributed by atoms with van der Waals surface area (Å²) in [7, 11) is 0. The van der Waals surface area contributed by atoms with Crippen LogP contribution in [0.1, 0.15) is 20.3 Å². The van der Waals surface area contributed by atoms with E-state index in [1.165, 1.54) is 0 Å². The Morgan fingerprint density at radius 2 is 2.09 bits per heavy atom. The summed E-state index contributed by atoms with van der Waals surface area (Å²) in [6.45, 7) is 7.38. The molecule has 0 aliphatic rings. The van der Waals surface area contributed by atoms with Gasteiger partial charge in [0.15, 0.2) is 0 Å². The van der Waals surface area contributed by atoms with Gasteiger partial charge in [-0.2, -0.15) is 0 Å². The van der Waals surface area contributed by atoms with Gasteiger partial charge in [-0.05, 0) is 19.4 Å². The summed E-state index contributed by atoms with van der Waals surface area (Å²) >= 11 is 5.50. The van der Waals surface area contributed by atoms with E-state index in [1.54, 1.807) is 19.1 Å². The average molecular weight is 173 g/mol. The van der Waals surface area contributed by atoms with Gasteiger partial charge in [0.2, 0.25) is 0 Å². The van der Waals surface area contributed by atoms with Crippen molar-refractivity contribution < 1.29 is 5.11 Å². The fraction of sp³-hybridized carbons (Fsp3) is 0.333. The van der Waals surface area contributed by atoms with Crippen LogP contribution in [0.15, 0.2) is 35.1 Å². The fourth-order valence-electron chi connectivity index (χ4n) is 0.429. The summed E-state index contributed by atoms with van der Waals surface area (Å²) in [6, 6.07) is 0. The lowest BCUT2D eigenvalue weighted by atomic mass is 10.2. The Morgan fingerprint density at radius 1 is 1.55 bits per heavy atom. The molecule has 0 saturated carbocycles. The first-order valence-electron chi connectivity index (χ1n) is 3.49. The molecule has 0 aromatic rings. The van der Waals surface area contributed by atoms with E-state index < -0.39 is 0 Å². The predicted molar refractivity (Wildman–Crippen MR) is 49.8 cm³/mol. The standard InChI is InChI=1S/C9H13ClO/c1-4-7(2)5-6-9(11)8(3)10/h5-6,11H,2,4H2,1,3H3/b6-5-,9-8-. The van der Waals surface area contributed by atoms with Crippen LogP contribution in [0, 0.1) is 0 Å². The first kappa shape index (κ1) is 10.3. The lowest BCUT2D eigenvalue weighted by Crippen LogP contribution is -1.77. The molecule has 0 aromatic carbocycles. The summed E-state index contributed by atoms with van der Waals surface area (Å²) in [5, 5.41) is 9.48. The molecule has 0 bridgehead atoms. The van der Waals surface area contributed by atoms with Gasteiger partial charge in [-0.3, -0.25) is 0 Å². The van der Waals surface area contributed by atoms with Crippen molar-refractivity contribution in [2.45, 2.75) is 20.3 Å². The van der Waals surface area contributed by atoms with Crippen molar-refractivity contribution in [1.82, 2.24) is 0 Å².